The van der Waals surface area contributed by atoms with Crippen LogP contribution < -0.4 is 0 Å². The van der Waals surface area contributed by atoms with Gasteiger partial charge in [0, 0.05) is 46.3 Å². The van der Waals surface area contributed by atoms with Gasteiger partial charge in [-0.3, -0.25) is 0 Å². The number of nitrogens with one attached hydrogen (secondary N) is 1. The Balaban J connectivity index is 1.80. The molecule has 3 heterocycles. The average molecular weight is 348 g/mol. The number of benzene rings is 1. The molecule has 120 valence electrons. The molecule has 1 N–H and O–H groups in total. The van der Waals surface area contributed by atoms with Crippen LogP contribution in [-0.2, 0) is 6.42 Å². The first-order valence-electron chi connectivity index (χ1n) is 7.55. The summed E-state index contributed by atoms with van der Waals surface area (Å²) in [6.45, 7) is 0. The van der Waals surface area contributed by atoms with Crippen LogP contribution in [0.3, 0.4) is 0 Å². The molecule has 0 aliphatic carbocycles. The maximum Gasteiger partial charge on any atom is 0.160 e. The van der Waals surface area contributed by atoms with Crippen molar-refractivity contribution >= 4 is 34.4 Å². The van der Waals surface area contributed by atoms with Crippen LogP contribution in [0.2, 0.25) is 0 Å². The highest BCUT2D eigenvalue weighted by atomic mass is 32.2. The van der Waals surface area contributed by atoms with Gasteiger partial charge in [-0.05, 0) is 24.5 Å². The number of nitrogens with zero attached hydrogens (tertiary/aromatic N) is 3. The van der Waals surface area contributed by atoms with Crippen LogP contribution >= 0.6 is 23.5 Å². The molecule has 1 aliphatic rings. The lowest BCUT2D eigenvalue weighted by Crippen LogP contribution is -2.24. The maximum absolute atomic E-state index is 13.4. The lowest BCUT2D eigenvalue weighted by molar-refractivity contribution is 0.527. The summed E-state index contributed by atoms with van der Waals surface area (Å²) >= 11 is 3.73. The van der Waals surface area contributed by atoms with Crippen molar-refractivity contribution in [2.45, 2.75) is 12.5 Å². The zero-order valence-electron chi connectivity index (χ0n) is 12.8. The lowest BCUT2D eigenvalue weighted by Gasteiger charge is -2.26. The molecule has 4 nitrogen and oxygen atoms in total. The minimum atomic E-state index is -0.233. The SMILES string of the molecule is CSCCc1nc(-c2c[nH]c3cc(F)ccc23)n(C2CSC2)n1. The zero-order valence-corrected chi connectivity index (χ0v) is 14.4. The second-order valence-corrected chi connectivity index (χ2v) is 7.68. The van der Waals surface area contributed by atoms with E-state index < -0.39 is 0 Å². The summed E-state index contributed by atoms with van der Waals surface area (Å²) in [6.07, 6.45) is 4.88. The van der Waals surface area contributed by atoms with Gasteiger partial charge < -0.3 is 4.98 Å². The first-order valence-corrected chi connectivity index (χ1v) is 10.1. The van der Waals surface area contributed by atoms with E-state index in [2.05, 4.69) is 15.9 Å². The third-order valence-electron chi connectivity index (χ3n) is 4.06. The van der Waals surface area contributed by atoms with Crippen molar-refractivity contribution in [1.82, 2.24) is 19.7 Å². The first-order chi connectivity index (χ1) is 11.3. The number of H-pyrrole nitrogens is 1. The summed E-state index contributed by atoms with van der Waals surface area (Å²) in [5.41, 5.74) is 1.79. The van der Waals surface area contributed by atoms with E-state index in [0.29, 0.717) is 6.04 Å². The predicted molar refractivity (Wildman–Crippen MR) is 95.7 cm³/mol. The van der Waals surface area contributed by atoms with Crippen LogP contribution in [0, 0.1) is 5.82 Å². The number of halogens is 1. The molecule has 0 atom stereocenters. The fourth-order valence-electron chi connectivity index (χ4n) is 2.75. The van der Waals surface area contributed by atoms with Crippen LogP contribution in [0.15, 0.2) is 24.4 Å². The average Bonchev–Trinajstić information content (AvgIpc) is 3.07. The van der Waals surface area contributed by atoms with Gasteiger partial charge in [0.05, 0.1) is 6.04 Å². The second kappa shape index (κ2) is 6.20. The number of aromatic amines is 1. The van der Waals surface area contributed by atoms with E-state index in [0.717, 1.165) is 51.8 Å². The molecule has 0 spiro atoms. The molecule has 0 unspecified atom stereocenters. The molecule has 1 aliphatic heterocycles. The maximum atomic E-state index is 13.4. The van der Waals surface area contributed by atoms with Crippen LogP contribution in [0.4, 0.5) is 4.39 Å². The fourth-order valence-corrected chi connectivity index (χ4v) is 3.87. The largest absolute Gasteiger partial charge is 0.360 e. The minimum Gasteiger partial charge on any atom is -0.360 e. The molecule has 1 saturated heterocycles. The van der Waals surface area contributed by atoms with E-state index in [1.807, 2.05) is 24.0 Å². The predicted octanol–water partition coefficient (Wildman–Crippen LogP) is 3.76. The molecule has 7 heteroatoms. The van der Waals surface area contributed by atoms with E-state index in [9.17, 15) is 4.39 Å². The molecule has 4 rings (SSSR count). The second-order valence-electron chi connectivity index (χ2n) is 5.62. The molecule has 0 radical (unpaired) electrons. The first kappa shape index (κ1) is 15.1. The Morgan fingerprint density at radius 1 is 1.43 bits per heavy atom. The Kier molecular flexibility index (Phi) is 4.07. The van der Waals surface area contributed by atoms with Gasteiger partial charge in [0.2, 0.25) is 0 Å². The number of aryl methyl sites for hydroxylation is 1. The fraction of sp³-hybridized carbons (Fsp3) is 0.375. The number of aromatic nitrogens is 4. The van der Waals surface area contributed by atoms with E-state index in [-0.39, 0.29) is 5.82 Å². The number of fused-ring (bicyclic) bond motifs is 1. The van der Waals surface area contributed by atoms with Crippen LogP contribution in [0.5, 0.6) is 0 Å². The van der Waals surface area contributed by atoms with Gasteiger partial charge in [-0.15, -0.1) is 0 Å². The number of hydrogen-bond donors (Lipinski definition) is 1. The van der Waals surface area contributed by atoms with Gasteiger partial charge in [0.25, 0.3) is 0 Å². The normalized spacial score (nSPS) is 15.2. The minimum absolute atomic E-state index is 0.233. The van der Waals surface area contributed by atoms with E-state index >= 15 is 0 Å². The standard InChI is InChI=1S/C16H17FN4S2/c1-22-5-4-15-19-16(21(20-15)11-8-23-9-11)13-7-18-14-6-10(17)2-3-12(13)14/h2-3,6-7,11,18H,4-5,8-9H2,1H3. The van der Waals surface area contributed by atoms with E-state index in [1.54, 1.807) is 11.8 Å². The highest BCUT2D eigenvalue weighted by molar-refractivity contribution is 8.00. The van der Waals surface area contributed by atoms with Crippen LogP contribution in [0.1, 0.15) is 11.9 Å². The summed E-state index contributed by atoms with van der Waals surface area (Å²) < 4.78 is 15.5. The van der Waals surface area contributed by atoms with Gasteiger partial charge in [-0.25, -0.2) is 14.1 Å². The molecule has 1 aromatic carbocycles. The van der Waals surface area contributed by atoms with Gasteiger partial charge >= 0.3 is 0 Å². The third kappa shape index (κ3) is 2.76. The summed E-state index contributed by atoms with van der Waals surface area (Å²) in [5, 5.41) is 5.73. The lowest BCUT2D eigenvalue weighted by atomic mass is 10.1. The summed E-state index contributed by atoms with van der Waals surface area (Å²) in [4.78, 5) is 7.93. The van der Waals surface area contributed by atoms with Crippen molar-refractivity contribution < 1.29 is 4.39 Å². The number of thioether (sulfide) groups is 2. The number of rotatable bonds is 5. The Bertz CT molecular complexity index is 838. The summed E-state index contributed by atoms with van der Waals surface area (Å²) in [5.74, 6) is 4.72. The molecule has 0 bridgehead atoms. The Hall–Kier alpha value is -1.47. The van der Waals surface area contributed by atoms with Crippen LogP contribution in [-0.4, -0.2) is 43.3 Å². The molecule has 2 aromatic heterocycles. The molecule has 3 aromatic rings. The highest BCUT2D eigenvalue weighted by Crippen LogP contribution is 2.35. The van der Waals surface area contributed by atoms with E-state index in [1.165, 1.54) is 12.1 Å². The van der Waals surface area contributed by atoms with Crippen molar-refractivity contribution in [2.75, 3.05) is 23.5 Å². The Morgan fingerprint density at radius 2 is 2.30 bits per heavy atom. The molecule has 0 amide bonds. The van der Waals surface area contributed by atoms with Gasteiger partial charge in [0.15, 0.2) is 11.6 Å². The molecular weight excluding hydrogens is 331 g/mol. The summed E-state index contributed by atoms with van der Waals surface area (Å²) in [6, 6.07) is 5.24. The van der Waals surface area contributed by atoms with Crippen molar-refractivity contribution in [3.05, 3.63) is 36.0 Å². The van der Waals surface area contributed by atoms with Crippen LogP contribution in [0.25, 0.3) is 22.3 Å². The molecule has 0 saturated carbocycles. The van der Waals surface area contributed by atoms with Gasteiger partial charge in [-0.1, -0.05) is 0 Å². The van der Waals surface area contributed by atoms with Gasteiger partial charge in [0.1, 0.15) is 5.82 Å². The smallest absolute Gasteiger partial charge is 0.160 e. The molecule has 1 fully saturated rings. The zero-order chi connectivity index (χ0) is 15.8. The monoisotopic (exact) mass is 348 g/mol. The van der Waals surface area contributed by atoms with Gasteiger partial charge in [-0.2, -0.15) is 28.6 Å². The van der Waals surface area contributed by atoms with Crippen molar-refractivity contribution in [2.24, 2.45) is 0 Å². The quantitative estimate of drug-likeness (QED) is 0.763. The highest BCUT2D eigenvalue weighted by Gasteiger charge is 2.26. The number of hydrogen-bond acceptors (Lipinski definition) is 4. The van der Waals surface area contributed by atoms with Crippen molar-refractivity contribution in [3.8, 4) is 11.4 Å². The Morgan fingerprint density at radius 3 is 3.04 bits per heavy atom. The van der Waals surface area contributed by atoms with Crippen molar-refractivity contribution in [1.29, 1.82) is 0 Å². The molecular formula is C16H17FN4S2. The third-order valence-corrected chi connectivity index (χ3v) is 5.91. The van der Waals surface area contributed by atoms with Crippen molar-refractivity contribution in [3.63, 3.8) is 0 Å². The Labute approximate surface area is 142 Å². The topological polar surface area (TPSA) is 46.5 Å². The summed E-state index contributed by atoms with van der Waals surface area (Å²) in [7, 11) is 0. The molecule has 23 heavy (non-hydrogen) atoms. The van der Waals surface area contributed by atoms with E-state index in [4.69, 9.17) is 10.1 Å².